The van der Waals surface area contributed by atoms with Crippen molar-refractivity contribution in [1.82, 2.24) is 10.2 Å². The van der Waals surface area contributed by atoms with Crippen molar-refractivity contribution in [3.63, 3.8) is 0 Å². The van der Waals surface area contributed by atoms with Gasteiger partial charge in [-0.3, -0.25) is 23.9 Å². The number of nitrogens with one attached hydrogen (secondary N) is 1. The van der Waals surface area contributed by atoms with E-state index in [9.17, 15) is 37.5 Å². The summed E-state index contributed by atoms with van der Waals surface area (Å²) < 4.78 is 42.7. The third-order valence-electron chi connectivity index (χ3n) is 5.41. The lowest BCUT2D eigenvalue weighted by Crippen LogP contribution is -2.62. The fourth-order valence-corrected chi connectivity index (χ4v) is 5.46. The first-order valence-electron chi connectivity index (χ1n) is 10.4. The molecular formula is C20H22N3O10S2-. The second kappa shape index (κ2) is 10.7. The molecule has 2 aliphatic rings. The number of benzene rings is 1. The number of non-ortho nitro benzene ring substituents is 1. The van der Waals surface area contributed by atoms with E-state index in [1.165, 1.54) is 54.8 Å². The molecule has 1 N–H and O–H groups in total. The van der Waals surface area contributed by atoms with Gasteiger partial charge in [0.2, 0.25) is 22.2 Å². The molecule has 15 heteroatoms. The van der Waals surface area contributed by atoms with Gasteiger partial charge in [-0.2, -0.15) is 0 Å². The van der Waals surface area contributed by atoms with Gasteiger partial charge < -0.3 is 19.5 Å². The van der Waals surface area contributed by atoms with Crippen LogP contribution in [0.15, 0.2) is 34.9 Å². The molecule has 1 saturated heterocycles. The second-order valence-electron chi connectivity index (χ2n) is 7.82. The zero-order valence-electron chi connectivity index (χ0n) is 18.7. The fourth-order valence-electron chi connectivity index (χ4n) is 3.91. The molecule has 0 unspecified atom stereocenters. The van der Waals surface area contributed by atoms with Gasteiger partial charge in [-0.25, -0.2) is 13.2 Å². The molecule has 0 aromatic heterocycles. The number of hydrogen-bond donors (Lipinski definition) is 1. The number of β-lactam (4-membered cyclic amide) rings is 1. The number of carbonyl (C=O) groups is 3. The quantitative estimate of drug-likeness (QED) is 0.0815. The summed E-state index contributed by atoms with van der Waals surface area (Å²) in [5.74, 6) is -2.15. The summed E-state index contributed by atoms with van der Waals surface area (Å²) in [5, 5.41) is 13.4. The maximum atomic E-state index is 12.9. The second-order valence-corrected chi connectivity index (χ2v) is 10.0. The lowest BCUT2D eigenvalue weighted by atomic mass is 9.83. The largest absolute Gasteiger partial charge is 0.726 e. The first kappa shape index (κ1) is 26.6. The van der Waals surface area contributed by atoms with Crippen molar-refractivity contribution >= 4 is 45.6 Å². The van der Waals surface area contributed by atoms with Gasteiger partial charge in [0, 0.05) is 42.7 Å². The Labute approximate surface area is 204 Å². The number of fused-ring (bicyclic) bond motifs is 1. The Morgan fingerprint density at radius 3 is 2.54 bits per heavy atom. The van der Waals surface area contributed by atoms with Crippen LogP contribution in [0.25, 0.3) is 0 Å². The maximum absolute atomic E-state index is 12.9. The van der Waals surface area contributed by atoms with E-state index in [0.29, 0.717) is 22.8 Å². The van der Waals surface area contributed by atoms with Crippen molar-refractivity contribution in [2.24, 2.45) is 5.92 Å². The molecule has 3 rings (SSSR count). The summed E-state index contributed by atoms with van der Waals surface area (Å²) in [4.78, 5) is 48.8. The summed E-state index contributed by atoms with van der Waals surface area (Å²) in [5.41, 5.74) is 0.380. The van der Waals surface area contributed by atoms with E-state index in [2.05, 4.69) is 9.50 Å². The highest BCUT2D eigenvalue weighted by Crippen LogP contribution is 2.47. The Kier molecular flexibility index (Phi) is 8.15. The van der Waals surface area contributed by atoms with E-state index in [1.54, 1.807) is 0 Å². The maximum Gasteiger partial charge on any atom is 0.356 e. The molecule has 0 spiro atoms. The SMILES string of the molecule is CC(=O)NCCSC1=C(C(=O)OCc2ccc([N+](=O)[O-])cc2)N2C(=O)[C@@H]([C@H](C)OS(=O)(=O)[O-])[C@H]2C1. The van der Waals surface area contributed by atoms with Gasteiger partial charge in [0.25, 0.3) is 5.69 Å². The number of nitro groups is 1. The Morgan fingerprint density at radius 1 is 1.31 bits per heavy atom. The first-order chi connectivity index (χ1) is 16.4. The van der Waals surface area contributed by atoms with E-state index >= 15 is 0 Å². The van der Waals surface area contributed by atoms with Crippen LogP contribution in [0.2, 0.25) is 0 Å². The number of amides is 2. The van der Waals surface area contributed by atoms with Crippen LogP contribution in [0.4, 0.5) is 5.69 Å². The highest BCUT2D eigenvalue weighted by Gasteiger charge is 2.57. The average Bonchev–Trinajstić information content (AvgIpc) is 3.08. The minimum atomic E-state index is -5.03. The van der Waals surface area contributed by atoms with Gasteiger partial charge in [0.1, 0.15) is 12.3 Å². The van der Waals surface area contributed by atoms with Crippen LogP contribution in [0, 0.1) is 16.0 Å². The minimum absolute atomic E-state index is 0.00293. The number of nitrogens with zero attached hydrogens (tertiary/aromatic N) is 2. The standard InChI is InChI=1S/C20H23N3O10S2/c1-11(33-35(29,30)31)17-15-9-16(34-8-7-21-12(2)24)18(22(15)19(17)25)20(26)32-10-13-3-5-14(6-4-13)23(27)28/h3-6,11,15,17H,7-10H2,1-2H3,(H,21,24)(H,29,30,31)/p-1/t11-,15+,17-/m0/s1. The predicted molar refractivity (Wildman–Crippen MR) is 120 cm³/mol. The summed E-state index contributed by atoms with van der Waals surface area (Å²) >= 11 is 1.24. The van der Waals surface area contributed by atoms with Crippen molar-refractivity contribution < 1.29 is 41.2 Å². The highest BCUT2D eigenvalue weighted by molar-refractivity contribution is 8.03. The molecule has 2 amide bonds. The summed E-state index contributed by atoms with van der Waals surface area (Å²) in [7, 11) is -5.03. The van der Waals surface area contributed by atoms with Gasteiger partial charge in [0.15, 0.2) is 0 Å². The van der Waals surface area contributed by atoms with E-state index in [4.69, 9.17) is 4.74 Å². The molecule has 190 valence electrons. The number of rotatable bonds is 11. The van der Waals surface area contributed by atoms with Gasteiger partial charge in [-0.1, -0.05) is 0 Å². The Hall–Kier alpha value is -3.01. The molecule has 35 heavy (non-hydrogen) atoms. The minimum Gasteiger partial charge on any atom is -0.726 e. The monoisotopic (exact) mass is 528 g/mol. The van der Waals surface area contributed by atoms with Crippen LogP contribution in [-0.4, -0.2) is 65.0 Å². The molecule has 3 atom stereocenters. The number of esters is 1. The normalized spacial score (nSPS) is 20.2. The summed E-state index contributed by atoms with van der Waals surface area (Å²) in [6.45, 7) is 2.77. The zero-order valence-corrected chi connectivity index (χ0v) is 20.3. The first-order valence-corrected chi connectivity index (χ1v) is 12.7. The molecule has 0 radical (unpaired) electrons. The predicted octanol–water partition coefficient (Wildman–Crippen LogP) is 0.815. The van der Waals surface area contributed by atoms with Crippen LogP contribution in [-0.2, 0) is 40.3 Å². The molecule has 0 saturated carbocycles. The van der Waals surface area contributed by atoms with Crippen molar-refractivity contribution in [3.8, 4) is 0 Å². The topological polar surface area (TPSA) is 185 Å². The van der Waals surface area contributed by atoms with Gasteiger partial charge in [0.05, 0.1) is 23.0 Å². The van der Waals surface area contributed by atoms with Crippen molar-refractivity contribution in [2.45, 2.75) is 39.0 Å². The number of carbonyl (C=O) groups excluding carboxylic acids is 3. The van der Waals surface area contributed by atoms with Crippen LogP contribution in [0.1, 0.15) is 25.8 Å². The van der Waals surface area contributed by atoms with Crippen LogP contribution in [0.3, 0.4) is 0 Å². The van der Waals surface area contributed by atoms with E-state index in [-0.39, 0.29) is 30.3 Å². The molecule has 2 heterocycles. The molecule has 1 aromatic rings. The third-order valence-corrected chi connectivity index (χ3v) is 7.06. The van der Waals surface area contributed by atoms with Crippen LogP contribution in [0.5, 0.6) is 0 Å². The highest BCUT2D eigenvalue weighted by atomic mass is 32.3. The van der Waals surface area contributed by atoms with Crippen LogP contribution < -0.4 is 5.32 Å². The number of nitro benzene ring substituents is 1. The summed E-state index contributed by atoms with van der Waals surface area (Å²) in [6, 6.07) is 4.82. The third kappa shape index (κ3) is 6.36. The Balaban J connectivity index is 1.74. The smallest absolute Gasteiger partial charge is 0.356 e. The van der Waals surface area contributed by atoms with Gasteiger partial charge in [-0.05, 0) is 24.6 Å². The molecule has 1 aromatic carbocycles. The Morgan fingerprint density at radius 2 is 1.97 bits per heavy atom. The van der Waals surface area contributed by atoms with E-state index in [1.807, 2.05) is 0 Å². The van der Waals surface area contributed by atoms with Crippen molar-refractivity contribution in [3.05, 3.63) is 50.5 Å². The van der Waals surface area contributed by atoms with Gasteiger partial charge >= 0.3 is 5.97 Å². The zero-order chi connectivity index (χ0) is 25.9. The molecule has 0 aliphatic carbocycles. The molecule has 2 aliphatic heterocycles. The van der Waals surface area contributed by atoms with E-state index < -0.39 is 45.3 Å². The lowest BCUT2D eigenvalue weighted by molar-refractivity contribution is -0.384. The van der Waals surface area contributed by atoms with Crippen molar-refractivity contribution in [1.29, 1.82) is 0 Å². The number of ether oxygens (including phenoxy) is 1. The van der Waals surface area contributed by atoms with Crippen LogP contribution >= 0.6 is 11.8 Å². The van der Waals surface area contributed by atoms with Crippen molar-refractivity contribution in [2.75, 3.05) is 12.3 Å². The molecular weight excluding hydrogens is 506 g/mol. The Bertz CT molecular complexity index is 1170. The number of hydrogen-bond acceptors (Lipinski definition) is 11. The summed E-state index contributed by atoms with van der Waals surface area (Å²) in [6.07, 6.45) is -0.997. The average molecular weight is 529 g/mol. The van der Waals surface area contributed by atoms with Gasteiger partial charge in [-0.15, -0.1) is 11.8 Å². The molecule has 1 fully saturated rings. The fraction of sp³-hybridized carbons (Fsp3) is 0.450. The molecule has 13 nitrogen and oxygen atoms in total. The lowest BCUT2D eigenvalue weighted by Gasteiger charge is -2.45. The van der Waals surface area contributed by atoms with E-state index in [0.717, 1.165) is 0 Å². The number of thioether (sulfide) groups is 1. The molecule has 0 bridgehead atoms.